The van der Waals surface area contributed by atoms with Gasteiger partial charge in [-0.1, -0.05) is 37.3 Å². The van der Waals surface area contributed by atoms with Gasteiger partial charge in [0.2, 0.25) is 11.8 Å². The minimum Gasteiger partial charge on any atom is -0.391 e. The summed E-state index contributed by atoms with van der Waals surface area (Å²) in [4.78, 5) is 26.3. The summed E-state index contributed by atoms with van der Waals surface area (Å²) in [7, 11) is 0. The third-order valence-corrected chi connectivity index (χ3v) is 4.66. The number of nitrogens with one attached hydrogen (secondary N) is 1. The van der Waals surface area contributed by atoms with E-state index in [1.165, 1.54) is 0 Å². The molecule has 0 radical (unpaired) electrons. The molecular formula is C19H28N2O3. The molecule has 3 atom stereocenters. The van der Waals surface area contributed by atoms with Crippen LogP contribution in [0.1, 0.15) is 45.1 Å². The quantitative estimate of drug-likeness (QED) is 0.836. The van der Waals surface area contributed by atoms with Crippen LogP contribution in [0.2, 0.25) is 0 Å². The number of aliphatic hydroxyl groups is 1. The summed E-state index contributed by atoms with van der Waals surface area (Å²) in [5, 5.41) is 13.2. The van der Waals surface area contributed by atoms with Crippen molar-refractivity contribution in [2.75, 3.05) is 6.54 Å². The molecule has 2 rings (SSSR count). The fraction of sp³-hybridized carbons (Fsp3) is 0.579. The second-order valence-corrected chi connectivity index (χ2v) is 6.51. The fourth-order valence-corrected chi connectivity index (χ4v) is 3.15. The molecule has 24 heavy (non-hydrogen) atoms. The average molecular weight is 332 g/mol. The van der Waals surface area contributed by atoms with Crippen molar-refractivity contribution in [2.24, 2.45) is 0 Å². The third-order valence-electron chi connectivity index (χ3n) is 4.66. The van der Waals surface area contributed by atoms with E-state index in [1.807, 2.05) is 37.3 Å². The van der Waals surface area contributed by atoms with Crippen molar-refractivity contribution in [1.29, 1.82) is 0 Å². The predicted molar refractivity (Wildman–Crippen MR) is 93.4 cm³/mol. The number of aliphatic hydroxyl groups excluding tert-OH is 1. The van der Waals surface area contributed by atoms with Crippen molar-refractivity contribution in [1.82, 2.24) is 10.2 Å². The van der Waals surface area contributed by atoms with Crippen LogP contribution in [0.3, 0.4) is 0 Å². The first kappa shape index (κ1) is 18.5. The molecule has 5 nitrogen and oxygen atoms in total. The molecule has 1 heterocycles. The Hall–Kier alpha value is -1.88. The van der Waals surface area contributed by atoms with Gasteiger partial charge in [0.1, 0.15) is 6.04 Å². The fourth-order valence-electron chi connectivity index (χ4n) is 3.15. The number of carbonyl (C=O) groups is 2. The highest BCUT2D eigenvalue weighted by Gasteiger charge is 2.32. The molecule has 1 aromatic rings. The Morgan fingerprint density at radius 3 is 2.67 bits per heavy atom. The minimum absolute atomic E-state index is 0.0207. The van der Waals surface area contributed by atoms with E-state index in [9.17, 15) is 14.7 Å². The van der Waals surface area contributed by atoms with Crippen LogP contribution in [-0.2, 0) is 16.0 Å². The average Bonchev–Trinajstić information content (AvgIpc) is 2.61. The number of hydrogen-bond donors (Lipinski definition) is 2. The zero-order valence-corrected chi connectivity index (χ0v) is 14.6. The second kappa shape index (κ2) is 8.83. The molecule has 0 spiro atoms. The van der Waals surface area contributed by atoms with Crippen molar-refractivity contribution in [2.45, 2.75) is 64.1 Å². The molecule has 1 fully saturated rings. The van der Waals surface area contributed by atoms with Crippen LogP contribution >= 0.6 is 0 Å². The van der Waals surface area contributed by atoms with Crippen molar-refractivity contribution < 1.29 is 14.7 Å². The van der Waals surface area contributed by atoms with Crippen molar-refractivity contribution in [3.63, 3.8) is 0 Å². The van der Waals surface area contributed by atoms with Gasteiger partial charge in [0.25, 0.3) is 0 Å². The summed E-state index contributed by atoms with van der Waals surface area (Å²) in [6.07, 6.45) is 2.84. The van der Waals surface area contributed by atoms with Crippen LogP contribution in [0, 0.1) is 0 Å². The molecular weight excluding hydrogens is 304 g/mol. The van der Waals surface area contributed by atoms with Crippen LogP contribution in [-0.4, -0.2) is 46.6 Å². The van der Waals surface area contributed by atoms with Crippen LogP contribution in [0.15, 0.2) is 30.3 Å². The largest absolute Gasteiger partial charge is 0.391 e. The maximum atomic E-state index is 12.6. The molecule has 0 aromatic heterocycles. The lowest BCUT2D eigenvalue weighted by Gasteiger charge is -2.35. The summed E-state index contributed by atoms with van der Waals surface area (Å²) >= 11 is 0. The Bertz CT molecular complexity index is 547. The van der Waals surface area contributed by atoms with E-state index >= 15 is 0 Å². The summed E-state index contributed by atoms with van der Waals surface area (Å²) in [6.45, 7) is 4.27. The highest BCUT2D eigenvalue weighted by molar-refractivity contribution is 5.88. The molecule has 0 bridgehead atoms. The molecule has 0 saturated carbocycles. The van der Waals surface area contributed by atoms with Gasteiger partial charge in [0, 0.05) is 19.4 Å². The van der Waals surface area contributed by atoms with Gasteiger partial charge in [-0.05, 0) is 31.7 Å². The molecule has 5 heteroatoms. The number of carbonyl (C=O) groups excluding carboxylic acids is 2. The Kier molecular flexibility index (Phi) is 6.79. The molecule has 1 aliphatic heterocycles. The van der Waals surface area contributed by atoms with E-state index in [4.69, 9.17) is 0 Å². The maximum absolute atomic E-state index is 12.6. The summed E-state index contributed by atoms with van der Waals surface area (Å²) in [5.74, 6) is -0.136. The van der Waals surface area contributed by atoms with Gasteiger partial charge in [-0.15, -0.1) is 0 Å². The molecule has 2 amide bonds. The topological polar surface area (TPSA) is 69.6 Å². The Balaban J connectivity index is 1.93. The van der Waals surface area contributed by atoms with Crippen LogP contribution in [0.4, 0.5) is 0 Å². The summed E-state index contributed by atoms with van der Waals surface area (Å²) in [5.41, 5.74) is 1.03. The lowest BCUT2D eigenvalue weighted by atomic mass is 9.99. The van der Waals surface area contributed by atoms with Crippen molar-refractivity contribution in [3.05, 3.63) is 35.9 Å². The molecule has 132 valence electrons. The first-order valence-electron chi connectivity index (χ1n) is 8.84. The van der Waals surface area contributed by atoms with Gasteiger partial charge in [-0.25, -0.2) is 0 Å². The Labute approximate surface area is 144 Å². The van der Waals surface area contributed by atoms with Crippen molar-refractivity contribution in [3.8, 4) is 0 Å². The van der Waals surface area contributed by atoms with Crippen LogP contribution in [0.5, 0.6) is 0 Å². The van der Waals surface area contributed by atoms with E-state index in [-0.39, 0.29) is 17.9 Å². The number of amides is 2. The zero-order valence-electron chi connectivity index (χ0n) is 14.6. The highest BCUT2D eigenvalue weighted by atomic mass is 16.3. The molecule has 2 N–H and O–H groups in total. The zero-order chi connectivity index (χ0) is 17.5. The van der Waals surface area contributed by atoms with Gasteiger partial charge >= 0.3 is 0 Å². The number of likely N-dealkylation sites (tertiary alicyclic amines) is 1. The normalized spacial score (nSPS) is 20.3. The van der Waals surface area contributed by atoms with Gasteiger partial charge in [-0.3, -0.25) is 9.59 Å². The monoisotopic (exact) mass is 332 g/mol. The van der Waals surface area contributed by atoms with Gasteiger partial charge in [-0.2, -0.15) is 0 Å². The number of hydrogen-bond acceptors (Lipinski definition) is 3. The van der Waals surface area contributed by atoms with E-state index in [0.29, 0.717) is 25.8 Å². The van der Waals surface area contributed by atoms with Gasteiger partial charge < -0.3 is 15.3 Å². The van der Waals surface area contributed by atoms with Gasteiger partial charge in [0.05, 0.1) is 12.1 Å². The first-order valence-corrected chi connectivity index (χ1v) is 8.84. The third kappa shape index (κ3) is 4.81. The van der Waals surface area contributed by atoms with Crippen LogP contribution in [0.25, 0.3) is 0 Å². The molecule has 1 aromatic carbocycles. The van der Waals surface area contributed by atoms with E-state index in [1.54, 1.807) is 11.8 Å². The van der Waals surface area contributed by atoms with Gasteiger partial charge in [0.15, 0.2) is 0 Å². The first-order chi connectivity index (χ1) is 11.5. The summed E-state index contributed by atoms with van der Waals surface area (Å²) in [6, 6.07) is 8.95. The summed E-state index contributed by atoms with van der Waals surface area (Å²) < 4.78 is 0. The molecule has 1 aliphatic rings. The Morgan fingerprint density at radius 1 is 1.29 bits per heavy atom. The van der Waals surface area contributed by atoms with E-state index in [2.05, 4.69) is 5.32 Å². The van der Waals surface area contributed by atoms with Crippen LogP contribution < -0.4 is 5.32 Å². The molecule has 0 aliphatic carbocycles. The standard InChI is InChI=1S/C19H28N2O3/c1-3-18(23)21-12-8-7-11-16(21)19(24)20-14(2)17(22)13-15-9-5-4-6-10-15/h4-6,9-10,14,16-17,22H,3,7-8,11-13H2,1-2H3,(H,20,24). The number of benzene rings is 1. The maximum Gasteiger partial charge on any atom is 0.243 e. The van der Waals surface area contributed by atoms with E-state index in [0.717, 1.165) is 18.4 Å². The molecule has 1 saturated heterocycles. The predicted octanol–water partition coefficient (Wildman–Crippen LogP) is 1.89. The number of nitrogens with zero attached hydrogens (tertiary/aromatic N) is 1. The lowest BCUT2D eigenvalue weighted by molar-refractivity contribution is -0.142. The smallest absolute Gasteiger partial charge is 0.243 e. The number of rotatable bonds is 6. The van der Waals surface area contributed by atoms with E-state index < -0.39 is 12.1 Å². The lowest BCUT2D eigenvalue weighted by Crippen LogP contribution is -2.55. The molecule has 3 unspecified atom stereocenters. The highest BCUT2D eigenvalue weighted by Crippen LogP contribution is 2.18. The SMILES string of the molecule is CCC(=O)N1CCCCC1C(=O)NC(C)C(O)Cc1ccccc1. The number of piperidine rings is 1. The Morgan fingerprint density at radius 2 is 2.00 bits per heavy atom. The van der Waals surface area contributed by atoms with Crippen molar-refractivity contribution >= 4 is 11.8 Å². The second-order valence-electron chi connectivity index (χ2n) is 6.51. The minimum atomic E-state index is -0.657.